The first-order chi connectivity index (χ1) is 13.1. The van der Waals surface area contributed by atoms with E-state index in [1.54, 1.807) is 26.1 Å². The molecule has 0 aliphatic heterocycles. The highest BCUT2D eigenvalue weighted by Gasteiger charge is 2.08. The zero-order valence-electron chi connectivity index (χ0n) is 15.2. The number of hydrogen-bond donors (Lipinski definition) is 0. The van der Waals surface area contributed by atoms with Gasteiger partial charge in [0, 0.05) is 5.69 Å². The van der Waals surface area contributed by atoms with E-state index in [4.69, 9.17) is 10.00 Å². The number of aryl methyl sites for hydroxylation is 2. The van der Waals surface area contributed by atoms with Crippen LogP contribution in [0.2, 0.25) is 0 Å². The maximum absolute atomic E-state index is 12.3. The van der Waals surface area contributed by atoms with Crippen LogP contribution < -0.4 is 10.3 Å². The van der Waals surface area contributed by atoms with Gasteiger partial charge in [0.2, 0.25) is 0 Å². The Hall–Kier alpha value is -3.65. The van der Waals surface area contributed by atoms with Gasteiger partial charge in [-0.1, -0.05) is 30.3 Å². The number of hydrogen-bond acceptors (Lipinski definition) is 4. The Balaban J connectivity index is 1.74. The van der Waals surface area contributed by atoms with Gasteiger partial charge in [-0.2, -0.15) is 10.4 Å². The smallest absolute Gasteiger partial charge is 0.289 e. The minimum absolute atomic E-state index is 0.113. The van der Waals surface area contributed by atoms with Crippen molar-refractivity contribution in [2.24, 2.45) is 5.10 Å². The van der Waals surface area contributed by atoms with Crippen molar-refractivity contribution in [1.29, 1.82) is 5.26 Å². The molecule has 0 bridgehead atoms. The molecule has 0 atom stereocenters. The van der Waals surface area contributed by atoms with Crippen LogP contribution in [0.4, 0.5) is 0 Å². The van der Waals surface area contributed by atoms with E-state index >= 15 is 0 Å². The Bertz CT molecular complexity index is 1060. The number of ether oxygens (including phenoxy) is 1. The molecule has 1 heterocycles. The van der Waals surface area contributed by atoms with Gasteiger partial charge in [0.1, 0.15) is 24.0 Å². The largest absolute Gasteiger partial charge is 0.489 e. The predicted octanol–water partition coefficient (Wildman–Crippen LogP) is 3.80. The summed E-state index contributed by atoms with van der Waals surface area (Å²) in [4.78, 5) is 12.3. The highest BCUT2D eigenvalue weighted by Crippen LogP contribution is 2.13. The molecule has 0 N–H and O–H groups in total. The second-order valence-electron chi connectivity index (χ2n) is 6.16. The molecule has 5 heteroatoms. The zero-order chi connectivity index (χ0) is 19.2. The molecule has 27 heavy (non-hydrogen) atoms. The van der Waals surface area contributed by atoms with Crippen molar-refractivity contribution >= 4 is 6.21 Å². The van der Waals surface area contributed by atoms with E-state index in [9.17, 15) is 4.79 Å². The molecule has 134 valence electrons. The van der Waals surface area contributed by atoms with E-state index in [0.29, 0.717) is 17.9 Å². The third-order valence-electron chi connectivity index (χ3n) is 4.12. The van der Waals surface area contributed by atoms with Gasteiger partial charge in [-0.15, -0.1) is 0 Å². The van der Waals surface area contributed by atoms with Crippen LogP contribution in [-0.2, 0) is 6.61 Å². The standard InChI is InChI=1S/C22H19N3O2/c1-16-12-17(2)25(22(26)21(16)13-23)24-14-18-8-10-20(11-9-18)27-15-19-6-4-3-5-7-19/h3-12,14H,15H2,1-2H3/b24-14+. The van der Waals surface area contributed by atoms with E-state index in [1.807, 2.05) is 60.7 Å². The molecule has 0 unspecified atom stereocenters. The maximum atomic E-state index is 12.3. The number of pyridine rings is 1. The highest BCUT2D eigenvalue weighted by molar-refractivity contribution is 5.79. The lowest BCUT2D eigenvalue weighted by molar-refractivity contribution is 0.306. The number of nitriles is 1. The SMILES string of the molecule is Cc1cc(C)n(/N=C/c2ccc(OCc3ccccc3)cc2)c(=O)c1C#N. The van der Waals surface area contributed by atoms with Crippen LogP contribution >= 0.6 is 0 Å². The molecule has 0 saturated heterocycles. The molecule has 2 aromatic carbocycles. The Morgan fingerprint density at radius 3 is 2.48 bits per heavy atom. The fourth-order valence-corrected chi connectivity index (χ4v) is 2.68. The first kappa shape index (κ1) is 18.2. The third kappa shape index (κ3) is 4.31. The minimum atomic E-state index is -0.408. The average Bonchev–Trinajstić information content (AvgIpc) is 2.68. The van der Waals surface area contributed by atoms with E-state index < -0.39 is 5.56 Å². The van der Waals surface area contributed by atoms with Gasteiger partial charge in [-0.3, -0.25) is 4.79 Å². The van der Waals surface area contributed by atoms with E-state index in [2.05, 4.69) is 5.10 Å². The van der Waals surface area contributed by atoms with Crippen LogP contribution in [-0.4, -0.2) is 10.9 Å². The van der Waals surface area contributed by atoms with Gasteiger partial charge in [-0.25, -0.2) is 4.68 Å². The topological polar surface area (TPSA) is 67.4 Å². The maximum Gasteiger partial charge on any atom is 0.289 e. The molecule has 0 radical (unpaired) electrons. The van der Waals surface area contributed by atoms with Crippen molar-refractivity contribution in [2.45, 2.75) is 20.5 Å². The van der Waals surface area contributed by atoms with Crippen molar-refractivity contribution in [3.63, 3.8) is 0 Å². The monoisotopic (exact) mass is 357 g/mol. The molecule has 1 aromatic heterocycles. The van der Waals surface area contributed by atoms with Crippen LogP contribution in [0.1, 0.15) is 27.9 Å². The lowest BCUT2D eigenvalue weighted by Gasteiger charge is -2.07. The summed E-state index contributed by atoms with van der Waals surface area (Å²) in [5.41, 5.74) is 2.97. The highest BCUT2D eigenvalue weighted by atomic mass is 16.5. The van der Waals surface area contributed by atoms with Crippen LogP contribution in [0.3, 0.4) is 0 Å². The van der Waals surface area contributed by atoms with Crippen molar-refractivity contribution < 1.29 is 4.74 Å². The average molecular weight is 357 g/mol. The summed E-state index contributed by atoms with van der Waals surface area (Å²) in [6.45, 7) is 4.03. The quantitative estimate of drug-likeness (QED) is 0.652. The van der Waals surface area contributed by atoms with Crippen molar-refractivity contribution in [3.05, 3.63) is 99.0 Å². The molecule has 0 aliphatic rings. The van der Waals surface area contributed by atoms with Crippen molar-refractivity contribution in [1.82, 2.24) is 4.68 Å². The minimum Gasteiger partial charge on any atom is -0.489 e. The first-order valence-electron chi connectivity index (χ1n) is 8.53. The fraction of sp³-hybridized carbons (Fsp3) is 0.136. The predicted molar refractivity (Wildman–Crippen MR) is 105 cm³/mol. The van der Waals surface area contributed by atoms with E-state index in [1.165, 1.54) is 4.68 Å². The van der Waals surface area contributed by atoms with Gasteiger partial charge in [0.25, 0.3) is 5.56 Å². The molecule has 3 aromatic rings. The van der Waals surface area contributed by atoms with Crippen molar-refractivity contribution in [3.8, 4) is 11.8 Å². The Morgan fingerprint density at radius 1 is 1.11 bits per heavy atom. The Labute approximate surface area is 157 Å². The molecular weight excluding hydrogens is 338 g/mol. The molecule has 0 aliphatic carbocycles. The van der Waals surface area contributed by atoms with Gasteiger partial charge >= 0.3 is 0 Å². The number of benzene rings is 2. The van der Waals surface area contributed by atoms with Gasteiger partial charge in [0.15, 0.2) is 0 Å². The summed E-state index contributed by atoms with van der Waals surface area (Å²) < 4.78 is 7.00. The summed E-state index contributed by atoms with van der Waals surface area (Å²) in [7, 11) is 0. The van der Waals surface area contributed by atoms with Crippen LogP contribution in [0, 0.1) is 25.2 Å². The van der Waals surface area contributed by atoms with Crippen LogP contribution in [0.25, 0.3) is 0 Å². The van der Waals surface area contributed by atoms with Gasteiger partial charge < -0.3 is 4.74 Å². The number of aromatic nitrogens is 1. The molecular formula is C22H19N3O2. The summed E-state index contributed by atoms with van der Waals surface area (Å²) >= 11 is 0. The number of rotatable bonds is 5. The van der Waals surface area contributed by atoms with Crippen molar-refractivity contribution in [2.75, 3.05) is 0 Å². The van der Waals surface area contributed by atoms with E-state index in [0.717, 1.165) is 16.9 Å². The normalized spacial score (nSPS) is 10.7. The zero-order valence-corrected chi connectivity index (χ0v) is 15.2. The second kappa shape index (κ2) is 8.15. The molecule has 0 amide bonds. The summed E-state index contributed by atoms with van der Waals surface area (Å²) in [6, 6.07) is 21.1. The number of nitrogens with zero attached hydrogens (tertiary/aromatic N) is 3. The molecule has 0 saturated carbocycles. The van der Waals surface area contributed by atoms with E-state index in [-0.39, 0.29) is 5.56 Å². The van der Waals surface area contributed by atoms with Gasteiger partial charge in [0.05, 0.1) is 6.21 Å². The summed E-state index contributed by atoms with van der Waals surface area (Å²) in [6.07, 6.45) is 1.59. The van der Waals surface area contributed by atoms with Crippen LogP contribution in [0.5, 0.6) is 5.75 Å². The fourth-order valence-electron chi connectivity index (χ4n) is 2.68. The lowest BCUT2D eigenvalue weighted by atomic mass is 10.1. The first-order valence-corrected chi connectivity index (χ1v) is 8.53. The molecule has 0 fully saturated rings. The summed E-state index contributed by atoms with van der Waals surface area (Å²) in [5, 5.41) is 13.4. The molecule has 0 spiro atoms. The Kier molecular flexibility index (Phi) is 5.48. The molecule has 5 nitrogen and oxygen atoms in total. The Morgan fingerprint density at radius 2 is 1.81 bits per heavy atom. The van der Waals surface area contributed by atoms with Crippen LogP contribution in [0.15, 0.2) is 70.6 Å². The molecule has 3 rings (SSSR count). The lowest BCUT2D eigenvalue weighted by Crippen LogP contribution is -2.22. The summed E-state index contributed by atoms with van der Waals surface area (Å²) in [5.74, 6) is 0.756. The third-order valence-corrected chi connectivity index (χ3v) is 4.12. The van der Waals surface area contributed by atoms with Gasteiger partial charge in [-0.05, 0) is 60.9 Å². The second-order valence-corrected chi connectivity index (χ2v) is 6.16.